The van der Waals surface area contributed by atoms with Crippen LogP contribution in [0, 0.1) is 6.92 Å². The highest BCUT2D eigenvalue weighted by molar-refractivity contribution is 6.42. The van der Waals surface area contributed by atoms with E-state index in [1.165, 1.54) is 18.6 Å². The third-order valence-corrected chi connectivity index (χ3v) is 5.01. The molecule has 1 N–H and O–H groups in total. The van der Waals surface area contributed by atoms with Crippen molar-refractivity contribution in [1.29, 1.82) is 0 Å². The number of amides is 1. The van der Waals surface area contributed by atoms with Gasteiger partial charge < -0.3 is 8.94 Å². The van der Waals surface area contributed by atoms with Crippen molar-refractivity contribution in [3.63, 3.8) is 0 Å². The van der Waals surface area contributed by atoms with E-state index in [-0.39, 0.29) is 5.69 Å². The number of carbonyl (C=O) groups excluding carboxylic acids is 1. The van der Waals surface area contributed by atoms with Gasteiger partial charge in [-0.2, -0.15) is 5.10 Å². The monoisotopic (exact) mass is 416 g/mol. The fourth-order valence-electron chi connectivity index (χ4n) is 2.80. The Hall–Kier alpha value is -3.03. The maximum absolute atomic E-state index is 12.2. The van der Waals surface area contributed by atoms with Gasteiger partial charge in [-0.15, -0.1) is 0 Å². The van der Waals surface area contributed by atoms with Gasteiger partial charge in [0.1, 0.15) is 6.26 Å². The Labute approximate surface area is 169 Å². The van der Waals surface area contributed by atoms with E-state index in [0.717, 1.165) is 22.4 Å². The molecule has 1 aromatic carbocycles. The molecular formula is C19H14Cl2N4O3. The smallest absolute Gasteiger partial charge is 0.280 e. The van der Waals surface area contributed by atoms with Gasteiger partial charge in [-0.05, 0) is 30.7 Å². The van der Waals surface area contributed by atoms with Crippen LogP contribution in [0.1, 0.15) is 21.7 Å². The zero-order valence-corrected chi connectivity index (χ0v) is 16.2. The molecule has 1 amide bonds. The summed E-state index contributed by atoms with van der Waals surface area (Å²) < 4.78 is 12.0. The van der Waals surface area contributed by atoms with Crippen LogP contribution in [0.5, 0.6) is 0 Å². The molecule has 0 saturated carbocycles. The van der Waals surface area contributed by atoms with Gasteiger partial charge in [0.25, 0.3) is 5.91 Å². The first kappa shape index (κ1) is 18.3. The van der Waals surface area contributed by atoms with Crippen molar-refractivity contribution in [1.82, 2.24) is 14.9 Å². The van der Waals surface area contributed by atoms with Gasteiger partial charge in [0.2, 0.25) is 5.88 Å². The molecule has 0 saturated heterocycles. The standard InChI is InChI=1S/C19H14Cl2N4O3/c1-11-14(9-22-25(11)10-12-2-3-15(20)16(21)8-12)13-4-6-27-19(13)23-18(26)17-5-7-28-24-17/h2-9H,10H2,1H3,(H,23,26). The molecule has 4 aromatic rings. The topological polar surface area (TPSA) is 86.1 Å². The zero-order valence-electron chi connectivity index (χ0n) is 14.6. The summed E-state index contributed by atoms with van der Waals surface area (Å²) in [5.74, 6) is -0.115. The predicted molar refractivity (Wildman–Crippen MR) is 105 cm³/mol. The van der Waals surface area contributed by atoms with Crippen LogP contribution in [0.25, 0.3) is 11.1 Å². The van der Waals surface area contributed by atoms with Gasteiger partial charge >= 0.3 is 0 Å². The van der Waals surface area contributed by atoms with Crippen molar-refractivity contribution < 1.29 is 13.7 Å². The van der Waals surface area contributed by atoms with Crippen LogP contribution < -0.4 is 5.32 Å². The molecule has 7 nitrogen and oxygen atoms in total. The molecule has 0 fully saturated rings. The summed E-state index contributed by atoms with van der Waals surface area (Å²) in [5.41, 5.74) is 3.59. The number of aromatic nitrogens is 3. The average molecular weight is 417 g/mol. The average Bonchev–Trinajstić information content (AvgIpc) is 3.41. The van der Waals surface area contributed by atoms with E-state index in [0.29, 0.717) is 22.5 Å². The van der Waals surface area contributed by atoms with Gasteiger partial charge in [-0.3, -0.25) is 14.8 Å². The van der Waals surface area contributed by atoms with Crippen molar-refractivity contribution in [3.05, 3.63) is 76.1 Å². The molecule has 9 heteroatoms. The summed E-state index contributed by atoms with van der Waals surface area (Å²) in [4.78, 5) is 12.2. The minimum atomic E-state index is -0.425. The molecule has 0 unspecified atom stereocenters. The van der Waals surface area contributed by atoms with Crippen LogP contribution in [0.15, 0.2) is 58.0 Å². The van der Waals surface area contributed by atoms with Crippen molar-refractivity contribution in [2.75, 3.05) is 5.32 Å². The van der Waals surface area contributed by atoms with Gasteiger partial charge in [0, 0.05) is 22.9 Å². The normalized spacial score (nSPS) is 11.0. The highest BCUT2D eigenvalue weighted by Gasteiger charge is 2.18. The number of benzene rings is 1. The van der Waals surface area contributed by atoms with Crippen molar-refractivity contribution in [3.8, 4) is 11.1 Å². The number of nitrogens with one attached hydrogen (secondary N) is 1. The largest absolute Gasteiger partial charge is 0.448 e. The Morgan fingerprint density at radius 1 is 1.14 bits per heavy atom. The van der Waals surface area contributed by atoms with Gasteiger partial charge in [-0.1, -0.05) is 34.4 Å². The molecule has 4 rings (SSSR count). The molecule has 0 aliphatic carbocycles. The molecule has 0 radical (unpaired) electrons. The number of furan rings is 1. The van der Waals surface area contributed by atoms with Crippen LogP contribution in [0.2, 0.25) is 10.0 Å². The third kappa shape index (κ3) is 3.54. The van der Waals surface area contributed by atoms with Crippen molar-refractivity contribution >= 4 is 35.0 Å². The molecule has 0 aliphatic heterocycles. The predicted octanol–water partition coefficient (Wildman–Crippen LogP) is 5.05. The number of hydrogen-bond acceptors (Lipinski definition) is 5. The number of halogens is 2. The lowest BCUT2D eigenvalue weighted by molar-refractivity contribution is 0.101. The lowest BCUT2D eigenvalue weighted by Crippen LogP contribution is -2.12. The number of carbonyl (C=O) groups is 1. The Morgan fingerprint density at radius 3 is 2.75 bits per heavy atom. The third-order valence-electron chi connectivity index (χ3n) is 4.27. The second-order valence-corrected chi connectivity index (χ2v) is 6.87. The number of nitrogens with zero attached hydrogens (tertiary/aromatic N) is 3. The van der Waals surface area contributed by atoms with E-state index in [1.54, 1.807) is 18.3 Å². The summed E-state index contributed by atoms with van der Waals surface area (Å²) >= 11 is 12.1. The molecule has 0 spiro atoms. The first-order valence-electron chi connectivity index (χ1n) is 8.29. The van der Waals surface area contributed by atoms with E-state index in [2.05, 4.69) is 15.6 Å². The second kappa shape index (κ2) is 7.53. The molecular weight excluding hydrogens is 403 g/mol. The highest BCUT2D eigenvalue weighted by atomic mass is 35.5. The molecule has 0 aliphatic rings. The SMILES string of the molecule is Cc1c(-c2ccoc2NC(=O)c2ccon2)cnn1Cc1ccc(Cl)c(Cl)c1. The van der Waals surface area contributed by atoms with Crippen LogP contribution in [0.3, 0.4) is 0 Å². The molecule has 28 heavy (non-hydrogen) atoms. The summed E-state index contributed by atoms with van der Waals surface area (Å²) in [6, 6.07) is 8.71. The summed E-state index contributed by atoms with van der Waals surface area (Å²) in [6.45, 7) is 2.47. The van der Waals surface area contributed by atoms with E-state index in [4.69, 9.17) is 32.1 Å². The van der Waals surface area contributed by atoms with Crippen molar-refractivity contribution in [2.24, 2.45) is 0 Å². The fraction of sp³-hybridized carbons (Fsp3) is 0.105. The minimum absolute atomic E-state index is 0.161. The van der Waals surface area contributed by atoms with Crippen LogP contribution in [0.4, 0.5) is 5.88 Å². The molecule has 3 aromatic heterocycles. The first-order valence-corrected chi connectivity index (χ1v) is 9.04. The number of hydrogen-bond donors (Lipinski definition) is 1. The van der Waals surface area contributed by atoms with Crippen LogP contribution >= 0.6 is 23.2 Å². The van der Waals surface area contributed by atoms with E-state index < -0.39 is 5.91 Å². The summed E-state index contributed by atoms with van der Waals surface area (Å²) in [6.07, 6.45) is 4.56. The Kier molecular flexibility index (Phi) is 4.93. The lowest BCUT2D eigenvalue weighted by atomic mass is 10.1. The van der Waals surface area contributed by atoms with Crippen LogP contribution in [-0.4, -0.2) is 20.8 Å². The van der Waals surface area contributed by atoms with E-state index >= 15 is 0 Å². The second-order valence-electron chi connectivity index (χ2n) is 6.05. The fourth-order valence-corrected chi connectivity index (χ4v) is 3.12. The van der Waals surface area contributed by atoms with Gasteiger partial charge in [-0.25, -0.2) is 0 Å². The summed E-state index contributed by atoms with van der Waals surface area (Å²) in [5, 5.41) is 11.8. The summed E-state index contributed by atoms with van der Waals surface area (Å²) in [7, 11) is 0. The van der Waals surface area contributed by atoms with Crippen LogP contribution in [-0.2, 0) is 6.54 Å². The Morgan fingerprint density at radius 2 is 2.00 bits per heavy atom. The quantitative estimate of drug-likeness (QED) is 0.491. The first-order chi connectivity index (χ1) is 13.5. The van der Waals surface area contributed by atoms with E-state index in [9.17, 15) is 4.79 Å². The molecule has 0 atom stereocenters. The maximum Gasteiger partial charge on any atom is 0.280 e. The Balaban J connectivity index is 1.59. The number of rotatable bonds is 5. The molecule has 3 heterocycles. The number of anilines is 1. The minimum Gasteiger partial charge on any atom is -0.448 e. The van der Waals surface area contributed by atoms with Gasteiger partial charge in [0.05, 0.1) is 29.1 Å². The molecule has 142 valence electrons. The van der Waals surface area contributed by atoms with Gasteiger partial charge in [0.15, 0.2) is 5.69 Å². The molecule has 0 bridgehead atoms. The maximum atomic E-state index is 12.2. The highest BCUT2D eigenvalue weighted by Crippen LogP contribution is 2.32. The zero-order chi connectivity index (χ0) is 19.7. The Bertz CT molecular complexity index is 1130. The lowest BCUT2D eigenvalue weighted by Gasteiger charge is -2.07. The van der Waals surface area contributed by atoms with Crippen molar-refractivity contribution in [2.45, 2.75) is 13.5 Å². The van der Waals surface area contributed by atoms with E-state index in [1.807, 2.05) is 23.7 Å².